The van der Waals surface area contributed by atoms with E-state index in [9.17, 15) is 9.59 Å². The molecule has 1 aliphatic carbocycles. The molecule has 4 nitrogen and oxygen atoms in total. The Hall–Kier alpha value is -2.59. The Labute approximate surface area is 170 Å². The largest absolute Gasteiger partial charge is 0.357 e. The zero-order chi connectivity index (χ0) is 20.1. The van der Waals surface area contributed by atoms with Gasteiger partial charge in [0.05, 0.1) is 17.4 Å². The Kier molecular flexibility index (Phi) is 4.54. The monoisotopic (exact) mass is 394 g/mol. The number of rotatable bonds is 1. The Morgan fingerprint density at radius 2 is 1.79 bits per heavy atom. The summed E-state index contributed by atoms with van der Waals surface area (Å²) in [5.74, 6) is -0.0293. The van der Waals surface area contributed by atoms with Crippen molar-refractivity contribution < 1.29 is 9.59 Å². The van der Waals surface area contributed by atoms with Gasteiger partial charge >= 0.3 is 0 Å². The van der Waals surface area contributed by atoms with Gasteiger partial charge in [0.1, 0.15) is 0 Å². The normalized spacial score (nSPS) is 20.8. The molecule has 1 N–H and O–H groups in total. The number of hydrogen-bond acceptors (Lipinski definition) is 3. The molecule has 2 aliphatic rings. The first-order valence-corrected chi connectivity index (χ1v) is 9.82. The van der Waals surface area contributed by atoms with Crippen LogP contribution in [0, 0.1) is 5.41 Å². The molecule has 0 aromatic heterocycles. The maximum Gasteiger partial charge on any atom is 0.224 e. The quantitative estimate of drug-likeness (QED) is 0.694. The second-order valence-electron chi connectivity index (χ2n) is 8.32. The molecule has 2 aromatic rings. The number of fused-ring (bicyclic) bond motifs is 1. The number of nitrogens with zero attached hydrogens (tertiary/aromatic N) is 1. The summed E-state index contributed by atoms with van der Waals surface area (Å²) < 4.78 is 0. The molecular formula is C23H23ClN2O2. The van der Waals surface area contributed by atoms with Crippen molar-refractivity contribution in [3.05, 3.63) is 70.4 Å². The van der Waals surface area contributed by atoms with E-state index in [1.54, 1.807) is 24.0 Å². The van der Waals surface area contributed by atoms with Crippen LogP contribution in [0.1, 0.15) is 45.2 Å². The fourth-order valence-electron chi connectivity index (χ4n) is 4.30. The number of carbonyl (C=O) groups is 2. The van der Waals surface area contributed by atoms with Crippen molar-refractivity contribution in [2.45, 2.75) is 39.7 Å². The molecule has 2 aromatic carbocycles. The van der Waals surface area contributed by atoms with Crippen LogP contribution in [0.4, 0.5) is 11.4 Å². The van der Waals surface area contributed by atoms with Crippen LogP contribution < -0.4 is 10.2 Å². The van der Waals surface area contributed by atoms with Crippen molar-refractivity contribution in [3.8, 4) is 0 Å². The van der Waals surface area contributed by atoms with Gasteiger partial charge in [-0.25, -0.2) is 0 Å². The minimum Gasteiger partial charge on any atom is -0.357 e. The number of carbonyl (C=O) groups excluding carboxylic acids is 2. The number of nitrogens with one attached hydrogen (secondary N) is 1. The van der Waals surface area contributed by atoms with Gasteiger partial charge in [0, 0.05) is 29.6 Å². The number of benzene rings is 2. The fraction of sp³-hybridized carbons (Fsp3) is 0.304. The van der Waals surface area contributed by atoms with Crippen LogP contribution in [0.3, 0.4) is 0 Å². The molecule has 28 heavy (non-hydrogen) atoms. The van der Waals surface area contributed by atoms with Gasteiger partial charge in [0.25, 0.3) is 0 Å². The number of halogens is 1. The predicted octanol–water partition coefficient (Wildman–Crippen LogP) is 5.50. The van der Waals surface area contributed by atoms with Crippen molar-refractivity contribution >= 4 is 34.7 Å². The minimum atomic E-state index is -0.482. The van der Waals surface area contributed by atoms with E-state index in [0.717, 1.165) is 29.1 Å². The van der Waals surface area contributed by atoms with Crippen molar-refractivity contribution in [3.63, 3.8) is 0 Å². The number of allylic oxidation sites excluding steroid dienone is 1. The van der Waals surface area contributed by atoms with Crippen LogP contribution in [0.2, 0.25) is 5.02 Å². The number of para-hydroxylation sites is 2. The molecular weight excluding hydrogens is 372 g/mol. The van der Waals surface area contributed by atoms with E-state index in [4.69, 9.17) is 11.6 Å². The highest BCUT2D eigenvalue weighted by atomic mass is 35.5. The molecule has 0 bridgehead atoms. The second kappa shape index (κ2) is 6.78. The van der Waals surface area contributed by atoms with E-state index >= 15 is 0 Å². The molecule has 144 valence electrons. The molecule has 4 rings (SSSR count). The first-order valence-electron chi connectivity index (χ1n) is 9.44. The SMILES string of the molecule is CC(=O)N1c2ccccc2NC2=C(C(=O)CC(C)(C)C2)[C@@H]1c1ccc(Cl)cc1. The zero-order valence-electron chi connectivity index (χ0n) is 16.3. The van der Waals surface area contributed by atoms with Crippen LogP contribution in [-0.4, -0.2) is 11.7 Å². The lowest BCUT2D eigenvalue weighted by atomic mass is 9.73. The molecule has 0 unspecified atom stereocenters. The average Bonchev–Trinajstić information content (AvgIpc) is 2.75. The van der Waals surface area contributed by atoms with E-state index in [1.165, 1.54) is 0 Å². The number of anilines is 2. The van der Waals surface area contributed by atoms with Gasteiger partial charge in [0.15, 0.2) is 5.78 Å². The lowest BCUT2D eigenvalue weighted by molar-refractivity contribution is -0.118. The van der Waals surface area contributed by atoms with Gasteiger partial charge in [-0.15, -0.1) is 0 Å². The summed E-state index contributed by atoms with van der Waals surface area (Å²) >= 11 is 6.09. The van der Waals surface area contributed by atoms with Gasteiger partial charge in [-0.05, 0) is 41.7 Å². The average molecular weight is 395 g/mol. The fourth-order valence-corrected chi connectivity index (χ4v) is 4.42. The van der Waals surface area contributed by atoms with Crippen LogP contribution >= 0.6 is 11.6 Å². The van der Waals surface area contributed by atoms with E-state index in [1.807, 2.05) is 36.4 Å². The molecule has 1 heterocycles. The summed E-state index contributed by atoms with van der Waals surface area (Å²) in [5.41, 5.74) is 3.93. The van der Waals surface area contributed by atoms with Gasteiger partial charge < -0.3 is 5.32 Å². The Morgan fingerprint density at radius 3 is 2.46 bits per heavy atom. The summed E-state index contributed by atoms with van der Waals surface area (Å²) in [6.45, 7) is 5.75. The van der Waals surface area contributed by atoms with Crippen molar-refractivity contribution in [2.75, 3.05) is 10.2 Å². The van der Waals surface area contributed by atoms with Crippen LogP contribution in [0.5, 0.6) is 0 Å². The minimum absolute atomic E-state index is 0.0813. The van der Waals surface area contributed by atoms with E-state index in [-0.39, 0.29) is 17.1 Å². The van der Waals surface area contributed by atoms with Gasteiger partial charge in [-0.1, -0.05) is 49.7 Å². The first kappa shape index (κ1) is 18.8. The molecule has 0 saturated carbocycles. The van der Waals surface area contributed by atoms with Crippen LogP contribution in [-0.2, 0) is 9.59 Å². The third-order valence-electron chi connectivity index (χ3n) is 5.43. The van der Waals surface area contributed by atoms with Crippen LogP contribution in [0.15, 0.2) is 59.8 Å². The highest BCUT2D eigenvalue weighted by molar-refractivity contribution is 6.30. The zero-order valence-corrected chi connectivity index (χ0v) is 17.0. The highest BCUT2D eigenvalue weighted by Gasteiger charge is 2.42. The molecule has 0 saturated heterocycles. The maximum atomic E-state index is 13.3. The van der Waals surface area contributed by atoms with Gasteiger partial charge in [-0.3, -0.25) is 14.5 Å². The molecule has 1 aliphatic heterocycles. The molecule has 0 spiro atoms. The Balaban J connectivity index is 2.00. The number of ketones is 1. The summed E-state index contributed by atoms with van der Waals surface area (Å²) in [7, 11) is 0. The molecule has 0 radical (unpaired) electrons. The van der Waals surface area contributed by atoms with E-state index < -0.39 is 6.04 Å². The smallest absolute Gasteiger partial charge is 0.224 e. The lowest BCUT2D eigenvalue weighted by Gasteiger charge is -2.36. The number of hydrogen-bond donors (Lipinski definition) is 1. The third kappa shape index (κ3) is 3.22. The van der Waals surface area contributed by atoms with E-state index in [0.29, 0.717) is 17.0 Å². The molecule has 5 heteroatoms. The summed E-state index contributed by atoms with van der Waals surface area (Å²) in [6, 6.07) is 14.6. The van der Waals surface area contributed by atoms with Crippen molar-refractivity contribution in [1.82, 2.24) is 0 Å². The van der Waals surface area contributed by atoms with Gasteiger partial charge in [-0.2, -0.15) is 0 Å². The Bertz CT molecular complexity index is 992. The third-order valence-corrected chi connectivity index (χ3v) is 5.68. The maximum absolute atomic E-state index is 13.3. The molecule has 0 fully saturated rings. The molecule has 1 atom stereocenters. The number of Topliss-reactive ketones (excluding diaryl/α,β-unsaturated/α-hetero) is 1. The predicted molar refractivity (Wildman–Crippen MR) is 112 cm³/mol. The van der Waals surface area contributed by atoms with Crippen molar-refractivity contribution in [1.29, 1.82) is 0 Å². The highest BCUT2D eigenvalue weighted by Crippen LogP contribution is 2.48. The number of amides is 1. The summed E-state index contributed by atoms with van der Waals surface area (Å²) in [6.07, 6.45) is 1.21. The topological polar surface area (TPSA) is 49.4 Å². The molecule has 1 amide bonds. The van der Waals surface area contributed by atoms with Crippen molar-refractivity contribution in [2.24, 2.45) is 5.41 Å². The van der Waals surface area contributed by atoms with Gasteiger partial charge in [0.2, 0.25) is 5.91 Å². The summed E-state index contributed by atoms with van der Waals surface area (Å²) in [4.78, 5) is 27.8. The second-order valence-corrected chi connectivity index (χ2v) is 8.75. The lowest BCUT2D eigenvalue weighted by Crippen LogP contribution is -2.38. The summed E-state index contributed by atoms with van der Waals surface area (Å²) in [5, 5.41) is 4.10. The first-order chi connectivity index (χ1) is 13.3. The van der Waals surface area contributed by atoms with E-state index in [2.05, 4.69) is 19.2 Å². The Morgan fingerprint density at radius 1 is 1.11 bits per heavy atom. The van der Waals surface area contributed by atoms with Crippen LogP contribution in [0.25, 0.3) is 0 Å². The standard InChI is InChI=1S/C23H23ClN2O2/c1-14(27)26-19-7-5-4-6-17(19)25-18-12-23(2,3)13-20(28)21(18)22(26)15-8-10-16(24)11-9-15/h4-11,22,25H,12-13H2,1-3H3/t22-/m0/s1.